The van der Waals surface area contributed by atoms with E-state index in [1.165, 1.54) is 30.3 Å². The molecule has 5 rings (SSSR count). The number of halogens is 5. The Labute approximate surface area is 195 Å². The zero-order valence-electron chi connectivity index (χ0n) is 18.2. The van der Waals surface area contributed by atoms with Gasteiger partial charge in [-0.2, -0.15) is 18.3 Å². The Balaban J connectivity index is 1.43. The molecule has 12 heteroatoms. The summed E-state index contributed by atoms with van der Waals surface area (Å²) >= 11 is 0. The average molecular weight is 495 g/mol. The van der Waals surface area contributed by atoms with E-state index in [0.717, 1.165) is 4.68 Å². The Bertz CT molecular complexity index is 1300. The first-order valence-electron chi connectivity index (χ1n) is 10.7. The van der Waals surface area contributed by atoms with Crippen molar-refractivity contribution in [2.24, 2.45) is 0 Å². The van der Waals surface area contributed by atoms with Crippen molar-refractivity contribution in [3.05, 3.63) is 53.2 Å². The quantitative estimate of drug-likeness (QED) is 0.436. The molecule has 0 fully saturated rings. The van der Waals surface area contributed by atoms with Crippen LogP contribution in [-0.4, -0.2) is 33.0 Å². The third-order valence-electron chi connectivity index (χ3n) is 5.64. The zero-order chi connectivity index (χ0) is 25.0. The lowest BCUT2D eigenvalue weighted by molar-refractivity contribution is -0.286. The van der Waals surface area contributed by atoms with E-state index < -0.39 is 25.1 Å². The van der Waals surface area contributed by atoms with Crippen LogP contribution in [0.15, 0.2) is 36.4 Å². The fourth-order valence-electron chi connectivity index (χ4n) is 4.15. The highest BCUT2D eigenvalue weighted by Gasteiger charge is 2.43. The molecule has 184 valence electrons. The van der Waals surface area contributed by atoms with Gasteiger partial charge in [-0.1, -0.05) is 12.1 Å². The highest BCUT2D eigenvalue weighted by molar-refractivity contribution is 6.03. The molecule has 3 heterocycles. The van der Waals surface area contributed by atoms with Crippen LogP contribution in [-0.2, 0) is 13.0 Å². The number of Topliss-reactive ketones (excluding diaryl/α,β-unsaturated/α-hetero) is 1. The van der Waals surface area contributed by atoms with Gasteiger partial charge in [-0.15, -0.1) is 8.78 Å². The van der Waals surface area contributed by atoms with Gasteiger partial charge in [0.1, 0.15) is 18.3 Å². The zero-order valence-corrected chi connectivity index (χ0v) is 18.2. The molecule has 0 saturated carbocycles. The highest BCUT2D eigenvalue weighted by Crippen LogP contribution is 2.42. The summed E-state index contributed by atoms with van der Waals surface area (Å²) in [5.74, 6) is -0.409. The monoisotopic (exact) mass is 495 g/mol. The van der Waals surface area contributed by atoms with E-state index >= 15 is 0 Å². The molecule has 7 nitrogen and oxygen atoms in total. The first-order chi connectivity index (χ1) is 16.5. The van der Waals surface area contributed by atoms with Crippen molar-refractivity contribution in [3.8, 4) is 28.8 Å². The van der Waals surface area contributed by atoms with Gasteiger partial charge >= 0.3 is 12.5 Å². The summed E-state index contributed by atoms with van der Waals surface area (Å²) in [6, 6.07) is 8.86. The molecular formula is C23H18F5N3O4. The molecule has 1 atom stereocenters. The number of aromatic nitrogens is 3. The number of ketones is 1. The van der Waals surface area contributed by atoms with Gasteiger partial charge in [0.25, 0.3) is 0 Å². The second kappa shape index (κ2) is 8.21. The van der Waals surface area contributed by atoms with E-state index in [-0.39, 0.29) is 52.2 Å². The minimum Gasteiger partial charge on any atom is -0.470 e. The average Bonchev–Trinajstić information content (AvgIpc) is 3.28. The van der Waals surface area contributed by atoms with E-state index in [0.29, 0.717) is 18.4 Å². The summed E-state index contributed by atoms with van der Waals surface area (Å²) in [4.78, 5) is 16.9. The maximum absolute atomic E-state index is 13.3. The predicted octanol–water partition coefficient (Wildman–Crippen LogP) is 5.49. The third kappa shape index (κ3) is 4.64. The van der Waals surface area contributed by atoms with E-state index in [1.54, 1.807) is 13.0 Å². The van der Waals surface area contributed by atoms with Crippen LogP contribution in [0.3, 0.4) is 0 Å². The minimum absolute atomic E-state index is 0.0670. The van der Waals surface area contributed by atoms with Crippen LogP contribution in [0.1, 0.15) is 47.5 Å². The van der Waals surface area contributed by atoms with Gasteiger partial charge in [0.15, 0.2) is 17.3 Å². The lowest BCUT2D eigenvalue weighted by Gasteiger charge is -2.15. The van der Waals surface area contributed by atoms with Crippen LogP contribution in [0, 0.1) is 0 Å². The summed E-state index contributed by atoms with van der Waals surface area (Å²) in [5.41, 5.74) is 1.14. The van der Waals surface area contributed by atoms with Gasteiger partial charge in [0.05, 0.1) is 17.0 Å². The van der Waals surface area contributed by atoms with E-state index in [1.807, 2.05) is 0 Å². The molecule has 35 heavy (non-hydrogen) atoms. The second-order valence-corrected chi connectivity index (χ2v) is 8.21. The number of hydrogen-bond acceptors (Lipinski definition) is 6. The molecule has 0 bridgehead atoms. The van der Waals surface area contributed by atoms with Gasteiger partial charge in [0.2, 0.25) is 5.88 Å². The Morgan fingerprint density at radius 1 is 1.14 bits per heavy atom. The number of fused-ring (bicyclic) bond motifs is 2. The van der Waals surface area contributed by atoms with Crippen molar-refractivity contribution >= 4 is 5.78 Å². The number of benzene rings is 1. The Morgan fingerprint density at radius 3 is 2.69 bits per heavy atom. The molecule has 1 aliphatic carbocycles. The Hall–Kier alpha value is -3.70. The molecule has 0 radical (unpaired) electrons. The molecule has 0 N–H and O–H groups in total. The molecule has 0 spiro atoms. The molecule has 0 unspecified atom stereocenters. The smallest absolute Gasteiger partial charge is 0.470 e. The molecule has 2 aliphatic rings. The van der Waals surface area contributed by atoms with Crippen molar-refractivity contribution in [3.63, 3.8) is 0 Å². The summed E-state index contributed by atoms with van der Waals surface area (Å²) in [7, 11) is 0. The first kappa shape index (κ1) is 23.1. The molecular weight excluding hydrogens is 477 g/mol. The number of pyridine rings is 1. The molecule has 1 aliphatic heterocycles. The van der Waals surface area contributed by atoms with Gasteiger partial charge < -0.3 is 14.2 Å². The summed E-state index contributed by atoms with van der Waals surface area (Å²) in [5, 5.41) is 4.09. The number of alkyl halides is 5. The van der Waals surface area contributed by atoms with Crippen LogP contribution in [0.25, 0.3) is 11.4 Å². The number of rotatable bonds is 5. The number of ether oxygens (including phenoxy) is 3. The largest absolute Gasteiger partial charge is 0.586 e. The normalized spacial score (nSPS) is 17.3. The molecule has 3 aromatic rings. The number of carbonyl (C=O) groups excluding carboxylic acids is 1. The standard InChI is InChI=1S/C23H18F5N3O4/c1-12(13-8-9-17-18(10-13)35-23(27,28)34-17)33-19-7-2-4-14(29-19)21-20-15(5-3-6-16(20)32)31(30-21)11-22(24,25)26/h2,4,7-10,12H,3,5-6,11H2,1H3/t12-/m0/s1. The fraction of sp³-hybridized carbons (Fsp3) is 0.348. The third-order valence-corrected chi connectivity index (χ3v) is 5.64. The summed E-state index contributed by atoms with van der Waals surface area (Å²) < 4.78 is 81.3. The number of carbonyl (C=O) groups is 1. The fourth-order valence-corrected chi connectivity index (χ4v) is 4.15. The minimum atomic E-state index is -4.50. The summed E-state index contributed by atoms with van der Waals surface area (Å²) in [6.45, 7) is 0.354. The Kier molecular flexibility index (Phi) is 5.41. The van der Waals surface area contributed by atoms with Gasteiger partial charge in [-0.05, 0) is 43.5 Å². The van der Waals surface area contributed by atoms with Gasteiger partial charge in [-0.25, -0.2) is 4.98 Å². The van der Waals surface area contributed by atoms with Crippen molar-refractivity contribution in [2.45, 2.75) is 51.3 Å². The van der Waals surface area contributed by atoms with E-state index in [4.69, 9.17) is 4.74 Å². The van der Waals surface area contributed by atoms with Crippen LogP contribution in [0.2, 0.25) is 0 Å². The van der Waals surface area contributed by atoms with Crippen LogP contribution in [0.4, 0.5) is 22.0 Å². The topological polar surface area (TPSA) is 75.5 Å². The molecule has 1 aromatic carbocycles. The maximum Gasteiger partial charge on any atom is 0.586 e. The molecule has 0 amide bonds. The van der Waals surface area contributed by atoms with Crippen LogP contribution < -0.4 is 14.2 Å². The lowest BCUT2D eigenvalue weighted by atomic mass is 9.93. The second-order valence-electron chi connectivity index (χ2n) is 8.21. The lowest BCUT2D eigenvalue weighted by Crippen LogP contribution is -2.25. The predicted molar refractivity (Wildman–Crippen MR) is 110 cm³/mol. The first-order valence-corrected chi connectivity index (χ1v) is 10.7. The van der Waals surface area contributed by atoms with Crippen LogP contribution in [0.5, 0.6) is 17.4 Å². The van der Waals surface area contributed by atoms with Crippen molar-refractivity contribution in [1.82, 2.24) is 14.8 Å². The number of hydrogen-bond donors (Lipinski definition) is 0. The number of nitrogens with zero attached hydrogens (tertiary/aromatic N) is 3. The van der Waals surface area contributed by atoms with Crippen LogP contribution >= 0.6 is 0 Å². The van der Waals surface area contributed by atoms with Crippen molar-refractivity contribution < 1.29 is 41.0 Å². The molecule has 0 saturated heterocycles. The van der Waals surface area contributed by atoms with Crippen molar-refractivity contribution in [1.29, 1.82) is 0 Å². The van der Waals surface area contributed by atoms with E-state index in [2.05, 4.69) is 19.6 Å². The van der Waals surface area contributed by atoms with Gasteiger partial charge in [-0.3, -0.25) is 9.48 Å². The molecule has 2 aromatic heterocycles. The summed E-state index contributed by atoms with van der Waals surface area (Å²) in [6.07, 6.45) is -7.93. The maximum atomic E-state index is 13.3. The van der Waals surface area contributed by atoms with E-state index in [9.17, 15) is 26.7 Å². The highest BCUT2D eigenvalue weighted by atomic mass is 19.4. The SMILES string of the molecule is C[C@H](Oc1cccc(-c2nn(CC(F)(F)F)c3c2C(=O)CCC3)n1)c1ccc2c(c1)OC(F)(F)O2. The van der Waals surface area contributed by atoms with Gasteiger partial charge in [0, 0.05) is 12.5 Å². The van der Waals surface area contributed by atoms with Crippen molar-refractivity contribution in [2.75, 3.05) is 0 Å². The Morgan fingerprint density at radius 2 is 1.91 bits per heavy atom.